The molecule has 2 heteroatoms. The lowest BCUT2D eigenvalue weighted by atomic mass is 9.73. The van der Waals surface area contributed by atoms with Crippen molar-refractivity contribution in [3.05, 3.63) is 0 Å². The number of hydrogen-bond donors (Lipinski definition) is 1. The van der Waals surface area contributed by atoms with Crippen LogP contribution in [0.1, 0.15) is 65.7 Å². The van der Waals surface area contributed by atoms with Crippen molar-refractivity contribution in [2.75, 3.05) is 32.7 Å². The molecule has 0 unspecified atom stereocenters. The molecule has 1 aliphatic rings. The summed E-state index contributed by atoms with van der Waals surface area (Å²) in [7, 11) is 0. The van der Waals surface area contributed by atoms with Crippen LogP contribution >= 0.6 is 0 Å². The summed E-state index contributed by atoms with van der Waals surface area (Å²) < 4.78 is 0. The highest BCUT2D eigenvalue weighted by molar-refractivity contribution is 4.87. The SMILES string of the molecule is CCCCN(CC)CC1(CNCC)CCCCC1. The lowest BCUT2D eigenvalue weighted by molar-refractivity contribution is 0.105. The van der Waals surface area contributed by atoms with Gasteiger partial charge in [0.25, 0.3) is 0 Å². The average Bonchev–Trinajstić information content (AvgIpc) is 2.42. The van der Waals surface area contributed by atoms with Gasteiger partial charge >= 0.3 is 0 Å². The smallest absolute Gasteiger partial charge is 0.00500 e. The van der Waals surface area contributed by atoms with Gasteiger partial charge in [-0.05, 0) is 44.3 Å². The molecule has 108 valence electrons. The molecule has 0 aliphatic heterocycles. The summed E-state index contributed by atoms with van der Waals surface area (Å²) in [6, 6.07) is 0. The highest BCUT2D eigenvalue weighted by Gasteiger charge is 2.32. The normalized spacial score (nSPS) is 19.3. The zero-order valence-electron chi connectivity index (χ0n) is 12.9. The molecule has 0 saturated heterocycles. The van der Waals surface area contributed by atoms with Gasteiger partial charge in [0, 0.05) is 13.1 Å². The van der Waals surface area contributed by atoms with Crippen LogP contribution < -0.4 is 5.32 Å². The van der Waals surface area contributed by atoms with E-state index in [2.05, 4.69) is 31.0 Å². The Morgan fingerprint density at radius 1 is 1.06 bits per heavy atom. The van der Waals surface area contributed by atoms with Crippen molar-refractivity contribution >= 4 is 0 Å². The van der Waals surface area contributed by atoms with Crippen molar-refractivity contribution in [1.82, 2.24) is 10.2 Å². The molecular weight excluding hydrogens is 220 g/mol. The molecule has 18 heavy (non-hydrogen) atoms. The molecule has 0 heterocycles. The first kappa shape index (κ1) is 16.0. The second-order valence-electron chi connectivity index (χ2n) is 6.06. The Morgan fingerprint density at radius 2 is 1.78 bits per heavy atom. The van der Waals surface area contributed by atoms with Crippen molar-refractivity contribution < 1.29 is 0 Å². The van der Waals surface area contributed by atoms with Crippen molar-refractivity contribution in [1.29, 1.82) is 0 Å². The number of nitrogens with one attached hydrogen (secondary N) is 1. The zero-order valence-corrected chi connectivity index (χ0v) is 12.9. The number of hydrogen-bond acceptors (Lipinski definition) is 2. The van der Waals surface area contributed by atoms with Crippen LogP contribution in [0.15, 0.2) is 0 Å². The molecule has 0 aromatic carbocycles. The van der Waals surface area contributed by atoms with Gasteiger partial charge in [-0.15, -0.1) is 0 Å². The van der Waals surface area contributed by atoms with Gasteiger partial charge in [0.05, 0.1) is 0 Å². The van der Waals surface area contributed by atoms with Crippen LogP contribution in [0.2, 0.25) is 0 Å². The third-order valence-electron chi connectivity index (χ3n) is 4.50. The Balaban J connectivity index is 2.52. The fourth-order valence-electron chi connectivity index (χ4n) is 3.29. The number of rotatable bonds is 9. The van der Waals surface area contributed by atoms with Crippen molar-refractivity contribution in [3.8, 4) is 0 Å². The third kappa shape index (κ3) is 5.27. The van der Waals surface area contributed by atoms with Gasteiger partial charge in [-0.1, -0.05) is 46.5 Å². The minimum absolute atomic E-state index is 0.567. The summed E-state index contributed by atoms with van der Waals surface area (Å²) in [4.78, 5) is 2.69. The number of unbranched alkanes of at least 4 members (excludes halogenated alkanes) is 1. The predicted molar refractivity (Wildman–Crippen MR) is 81.1 cm³/mol. The molecule has 1 N–H and O–H groups in total. The summed E-state index contributed by atoms with van der Waals surface area (Å²) >= 11 is 0. The van der Waals surface area contributed by atoms with Gasteiger partial charge in [0.2, 0.25) is 0 Å². The van der Waals surface area contributed by atoms with E-state index in [1.165, 1.54) is 71.1 Å². The van der Waals surface area contributed by atoms with Crippen LogP contribution in [0.4, 0.5) is 0 Å². The van der Waals surface area contributed by atoms with Crippen LogP contribution in [-0.2, 0) is 0 Å². The van der Waals surface area contributed by atoms with Crippen LogP contribution in [0.3, 0.4) is 0 Å². The van der Waals surface area contributed by atoms with E-state index in [9.17, 15) is 0 Å². The summed E-state index contributed by atoms with van der Waals surface area (Å²) in [5, 5.41) is 3.62. The molecule has 0 bridgehead atoms. The summed E-state index contributed by atoms with van der Waals surface area (Å²) in [5.74, 6) is 0. The minimum atomic E-state index is 0.567. The van der Waals surface area contributed by atoms with Gasteiger partial charge in [0.15, 0.2) is 0 Å². The lowest BCUT2D eigenvalue weighted by Gasteiger charge is -2.41. The second-order valence-corrected chi connectivity index (χ2v) is 6.06. The van der Waals surface area contributed by atoms with Crippen LogP contribution in [0.25, 0.3) is 0 Å². The quantitative estimate of drug-likeness (QED) is 0.675. The molecule has 0 aromatic heterocycles. The first-order valence-corrected chi connectivity index (χ1v) is 8.19. The Labute approximate surface area is 115 Å². The van der Waals surface area contributed by atoms with Gasteiger partial charge in [-0.25, -0.2) is 0 Å². The van der Waals surface area contributed by atoms with Crippen LogP contribution in [-0.4, -0.2) is 37.6 Å². The monoisotopic (exact) mass is 254 g/mol. The van der Waals surface area contributed by atoms with E-state index in [-0.39, 0.29) is 0 Å². The Bertz CT molecular complexity index is 197. The summed E-state index contributed by atoms with van der Waals surface area (Å²) in [6.07, 6.45) is 9.87. The molecule has 0 atom stereocenters. The molecule has 0 radical (unpaired) electrons. The van der Waals surface area contributed by atoms with E-state index in [1.54, 1.807) is 0 Å². The molecule has 0 spiro atoms. The van der Waals surface area contributed by atoms with E-state index in [0.29, 0.717) is 5.41 Å². The minimum Gasteiger partial charge on any atom is -0.316 e. The van der Waals surface area contributed by atoms with Crippen LogP contribution in [0.5, 0.6) is 0 Å². The molecular formula is C16H34N2. The summed E-state index contributed by atoms with van der Waals surface area (Å²) in [5.41, 5.74) is 0.567. The fraction of sp³-hybridized carbons (Fsp3) is 1.00. The topological polar surface area (TPSA) is 15.3 Å². The van der Waals surface area contributed by atoms with Crippen molar-refractivity contribution in [2.45, 2.75) is 65.7 Å². The van der Waals surface area contributed by atoms with E-state index < -0.39 is 0 Å². The van der Waals surface area contributed by atoms with Gasteiger partial charge in [0.1, 0.15) is 0 Å². The maximum absolute atomic E-state index is 3.62. The molecule has 0 amide bonds. The van der Waals surface area contributed by atoms with E-state index in [4.69, 9.17) is 0 Å². The maximum atomic E-state index is 3.62. The maximum Gasteiger partial charge on any atom is 0.00500 e. The first-order chi connectivity index (χ1) is 8.76. The Kier molecular flexibility index (Phi) is 7.92. The average molecular weight is 254 g/mol. The third-order valence-corrected chi connectivity index (χ3v) is 4.50. The first-order valence-electron chi connectivity index (χ1n) is 8.19. The van der Waals surface area contributed by atoms with Gasteiger partial charge in [-0.2, -0.15) is 0 Å². The molecule has 1 fully saturated rings. The highest BCUT2D eigenvalue weighted by Crippen LogP contribution is 2.36. The summed E-state index contributed by atoms with van der Waals surface area (Å²) in [6.45, 7) is 13.0. The van der Waals surface area contributed by atoms with E-state index in [1.807, 2.05) is 0 Å². The molecule has 0 aromatic rings. The highest BCUT2D eigenvalue weighted by atomic mass is 15.1. The van der Waals surface area contributed by atoms with E-state index >= 15 is 0 Å². The standard InChI is InChI=1S/C16H34N2/c1-4-7-13-18(6-3)15-16(14-17-5-2)11-9-8-10-12-16/h17H,4-15H2,1-3H3. The molecule has 2 nitrogen and oxygen atoms in total. The lowest BCUT2D eigenvalue weighted by Crippen LogP contribution is -2.45. The Hall–Kier alpha value is -0.0800. The zero-order chi connectivity index (χ0) is 13.3. The van der Waals surface area contributed by atoms with Gasteiger partial charge in [-0.3, -0.25) is 0 Å². The van der Waals surface area contributed by atoms with Crippen LogP contribution in [0, 0.1) is 5.41 Å². The molecule has 1 aliphatic carbocycles. The van der Waals surface area contributed by atoms with Crippen molar-refractivity contribution in [3.63, 3.8) is 0 Å². The Morgan fingerprint density at radius 3 is 2.33 bits per heavy atom. The fourth-order valence-corrected chi connectivity index (χ4v) is 3.29. The predicted octanol–water partition coefficient (Wildman–Crippen LogP) is 3.67. The number of nitrogens with zero attached hydrogens (tertiary/aromatic N) is 1. The largest absolute Gasteiger partial charge is 0.316 e. The van der Waals surface area contributed by atoms with Gasteiger partial charge < -0.3 is 10.2 Å². The molecule has 1 rings (SSSR count). The molecule has 1 saturated carbocycles. The van der Waals surface area contributed by atoms with E-state index in [0.717, 1.165) is 6.54 Å². The second kappa shape index (κ2) is 8.92. The van der Waals surface area contributed by atoms with Crippen molar-refractivity contribution in [2.24, 2.45) is 5.41 Å².